The molecule has 18 heavy (non-hydrogen) atoms. The van der Waals surface area contributed by atoms with Crippen LogP contribution in [-0.2, 0) is 6.42 Å². The maximum Gasteiger partial charge on any atom is 0.122 e. The van der Waals surface area contributed by atoms with E-state index in [0.29, 0.717) is 5.02 Å². The molecular weight excluding hydrogens is 264 g/mol. The third-order valence-corrected chi connectivity index (χ3v) is 3.93. The van der Waals surface area contributed by atoms with Crippen LogP contribution < -0.4 is 5.32 Å². The molecule has 1 N–H and O–H groups in total. The second-order valence-corrected chi connectivity index (χ2v) is 5.31. The molecule has 2 rings (SSSR count). The van der Waals surface area contributed by atoms with Gasteiger partial charge < -0.3 is 0 Å². The van der Waals surface area contributed by atoms with Gasteiger partial charge in [-0.25, -0.2) is 0 Å². The highest BCUT2D eigenvalue weighted by Gasteiger charge is 2.12. The van der Waals surface area contributed by atoms with Crippen LogP contribution in [0.25, 0.3) is 0 Å². The van der Waals surface area contributed by atoms with Gasteiger partial charge in [0, 0.05) is 22.0 Å². The monoisotopic (exact) mass is 276 g/mol. The Bertz CT molecular complexity index is 531. The number of thiophene rings is 1. The van der Waals surface area contributed by atoms with Crippen LogP contribution in [0.3, 0.4) is 0 Å². The summed E-state index contributed by atoms with van der Waals surface area (Å²) in [5.74, 6) is 0. The number of nitriles is 1. The summed E-state index contributed by atoms with van der Waals surface area (Å²) in [5, 5.41) is 15.1. The minimum absolute atomic E-state index is 0.348. The maximum absolute atomic E-state index is 9.19. The second-order valence-electron chi connectivity index (χ2n) is 3.87. The molecular formula is C14H13ClN2S. The van der Waals surface area contributed by atoms with Crippen LogP contribution in [0.1, 0.15) is 16.5 Å². The molecule has 0 spiro atoms. The zero-order chi connectivity index (χ0) is 12.8. The van der Waals surface area contributed by atoms with Gasteiger partial charge in [0.2, 0.25) is 0 Å². The van der Waals surface area contributed by atoms with Crippen molar-refractivity contribution in [2.45, 2.75) is 12.5 Å². The Hall–Kier alpha value is -1.34. The summed E-state index contributed by atoms with van der Waals surface area (Å²) < 4.78 is 0. The van der Waals surface area contributed by atoms with Crippen LogP contribution in [0.5, 0.6) is 0 Å². The van der Waals surface area contributed by atoms with Crippen molar-refractivity contribution in [2.75, 3.05) is 6.54 Å². The van der Waals surface area contributed by atoms with Crippen LogP contribution >= 0.6 is 22.9 Å². The lowest BCUT2D eigenvalue weighted by atomic mass is 10.1. The summed E-state index contributed by atoms with van der Waals surface area (Å²) in [4.78, 5) is 1.32. The standard InChI is InChI=1S/C14H13ClN2S/c15-13-6-2-1-5-12(13)14(10-16)17-8-7-11-4-3-9-18-11/h1-6,9,14,17H,7-8H2. The van der Waals surface area contributed by atoms with Crippen LogP contribution in [0.2, 0.25) is 5.02 Å². The fourth-order valence-corrected chi connectivity index (χ4v) is 2.68. The predicted molar refractivity (Wildman–Crippen MR) is 75.8 cm³/mol. The highest BCUT2D eigenvalue weighted by Crippen LogP contribution is 2.22. The van der Waals surface area contributed by atoms with E-state index in [1.165, 1.54) is 4.88 Å². The van der Waals surface area contributed by atoms with Gasteiger partial charge in [0.05, 0.1) is 6.07 Å². The highest BCUT2D eigenvalue weighted by atomic mass is 35.5. The fourth-order valence-electron chi connectivity index (χ4n) is 1.73. The first-order valence-corrected chi connectivity index (χ1v) is 6.97. The molecule has 1 aromatic heterocycles. The van der Waals surface area contributed by atoms with E-state index in [0.717, 1.165) is 18.5 Å². The smallest absolute Gasteiger partial charge is 0.122 e. The lowest BCUT2D eigenvalue weighted by Crippen LogP contribution is -2.22. The van der Waals surface area contributed by atoms with Gasteiger partial charge in [-0.1, -0.05) is 35.9 Å². The van der Waals surface area contributed by atoms with Gasteiger partial charge in [-0.2, -0.15) is 5.26 Å². The molecule has 1 heterocycles. The Morgan fingerprint density at radius 1 is 1.28 bits per heavy atom. The van der Waals surface area contributed by atoms with E-state index in [-0.39, 0.29) is 6.04 Å². The first-order chi connectivity index (χ1) is 8.81. The van der Waals surface area contributed by atoms with E-state index in [1.54, 1.807) is 11.3 Å². The average Bonchev–Trinajstić information content (AvgIpc) is 2.89. The first-order valence-electron chi connectivity index (χ1n) is 5.71. The minimum atomic E-state index is -0.348. The molecule has 2 aromatic rings. The lowest BCUT2D eigenvalue weighted by molar-refractivity contribution is 0.632. The summed E-state index contributed by atoms with van der Waals surface area (Å²) in [7, 11) is 0. The number of nitrogens with zero attached hydrogens (tertiary/aromatic N) is 1. The lowest BCUT2D eigenvalue weighted by Gasteiger charge is -2.12. The number of hydrogen-bond donors (Lipinski definition) is 1. The molecule has 0 aliphatic carbocycles. The minimum Gasteiger partial charge on any atom is -0.298 e. The van der Waals surface area contributed by atoms with Gasteiger partial charge >= 0.3 is 0 Å². The summed E-state index contributed by atoms with van der Waals surface area (Å²) in [6, 6.07) is 13.5. The van der Waals surface area contributed by atoms with E-state index < -0.39 is 0 Å². The molecule has 1 aromatic carbocycles. The molecule has 0 saturated heterocycles. The molecule has 0 saturated carbocycles. The molecule has 0 radical (unpaired) electrons. The number of nitrogens with one attached hydrogen (secondary N) is 1. The summed E-state index contributed by atoms with van der Waals surface area (Å²) in [6.07, 6.45) is 0.931. The summed E-state index contributed by atoms with van der Waals surface area (Å²) in [6.45, 7) is 0.768. The molecule has 1 atom stereocenters. The van der Waals surface area contributed by atoms with Gasteiger partial charge in [0.15, 0.2) is 0 Å². The zero-order valence-electron chi connectivity index (χ0n) is 9.77. The average molecular weight is 277 g/mol. The number of benzene rings is 1. The molecule has 0 fully saturated rings. The van der Waals surface area contributed by atoms with Crippen LogP contribution in [0.4, 0.5) is 0 Å². The van der Waals surface area contributed by atoms with Crippen molar-refractivity contribution < 1.29 is 0 Å². The van der Waals surface area contributed by atoms with Gasteiger partial charge in [-0.3, -0.25) is 5.32 Å². The molecule has 0 bridgehead atoms. The quantitative estimate of drug-likeness (QED) is 0.902. The fraction of sp³-hybridized carbons (Fsp3) is 0.214. The molecule has 4 heteroatoms. The van der Waals surface area contributed by atoms with Crippen LogP contribution in [-0.4, -0.2) is 6.54 Å². The predicted octanol–water partition coefficient (Wildman–Crippen LogP) is 3.80. The van der Waals surface area contributed by atoms with Crippen molar-refractivity contribution in [3.8, 4) is 6.07 Å². The normalized spacial score (nSPS) is 12.0. The summed E-state index contributed by atoms with van der Waals surface area (Å²) >= 11 is 7.82. The Labute approximate surface area is 116 Å². The summed E-state index contributed by atoms with van der Waals surface area (Å²) in [5.41, 5.74) is 0.841. The number of halogens is 1. The second kappa shape index (κ2) is 6.55. The van der Waals surface area contributed by atoms with Gasteiger partial charge in [-0.05, 0) is 23.9 Å². The number of rotatable bonds is 5. The van der Waals surface area contributed by atoms with Crippen molar-refractivity contribution in [3.05, 3.63) is 57.2 Å². The topological polar surface area (TPSA) is 35.8 Å². The van der Waals surface area contributed by atoms with Crippen molar-refractivity contribution >= 4 is 22.9 Å². The molecule has 1 unspecified atom stereocenters. The zero-order valence-corrected chi connectivity index (χ0v) is 11.3. The van der Waals surface area contributed by atoms with Crippen molar-refractivity contribution in [1.29, 1.82) is 5.26 Å². The highest BCUT2D eigenvalue weighted by molar-refractivity contribution is 7.09. The molecule has 2 nitrogen and oxygen atoms in total. The van der Waals surface area contributed by atoms with Crippen LogP contribution in [0, 0.1) is 11.3 Å². The van der Waals surface area contributed by atoms with Crippen LogP contribution in [0.15, 0.2) is 41.8 Å². The van der Waals surface area contributed by atoms with E-state index in [4.69, 9.17) is 11.6 Å². The molecule has 0 aliphatic heterocycles. The first kappa shape index (κ1) is 13.1. The van der Waals surface area contributed by atoms with E-state index >= 15 is 0 Å². The Morgan fingerprint density at radius 2 is 2.11 bits per heavy atom. The third-order valence-electron chi connectivity index (χ3n) is 2.65. The van der Waals surface area contributed by atoms with Crippen molar-refractivity contribution in [3.63, 3.8) is 0 Å². The Morgan fingerprint density at radius 3 is 2.78 bits per heavy atom. The van der Waals surface area contributed by atoms with Crippen molar-refractivity contribution in [2.24, 2.45) is 0 Å². The largest absolute Gasteiger partial charge is 0.298 e. The SMILES string of the molecule is N#CC(NCCc1cccs1)c1ccccc1Cl. The van der Waals surface area contributed by atoms with Crippen molar-refractivity contribution in [1.82, 2.24) is 5.32 Å². The van der Waals surface area contributed by atoms with E-state index in [2.05, 4.69) is 22.8 Å². The van der Waals surface area contributed by atoms with E-state index in [1.807, 2.05) is 30.3 Å². The molecule has 0 amide bonds. The van der Waals surface area contributed by atoms with Gasteiger partial charge in [0.1, 0.15) is 6.04 Å². The Kier molecular flexibility index (Phi) is 4.77. The number of hydrogen-bond acceptors (Lipinski definition) is 3. The maximum atomic E-state index is 9.19. The third kappa shape index (κ3) is 3.33. The molecule has 0 aliphatic rings. The van der Waals surface area contributed by atoms with E-state index in [9.17, 15) is 5.26 Å². The Balaban J connectivity index is 1.94. The molecule has 92 valence electrons. The van der Waals surface area contributed by atoms with Gasteiger partial charge in [-0.15, -0.1) is 11.3 Å². The van der Waals surface area contributed by atoms with Gasteiger partial charge in [0.25, 0.3) is 0 Å².